The second kappa shape index (κ2) is 7.21. The minimum absolute atomic E-state index is 0.303. The van der Waals surface area contributed by atoms with E-state index in [2.05, 4.69) is 0 Å². The van der Waals surface area contributed by atoms with E-state index < -0.39 is 17.6 Å². The quantitative estimate of drug-likeness (QED) is 0.453. The van der Waals surface area contributed by atoms with E-state index in [4.69, 9.17) is 9.47 Å². The number of carbonyl (C=O) groups excluding carboxylic acids is 3. The van der Waals surface area contributed by atoms with Crippen molar-refractivity contribution in [2.24, 2.45) is 0 Å². The smallest absolute Gasteiger partial charge is 0.335 e. The third-order valence-corrected chi connectivity index (χ3v) is 2.78. The maximum absolute atomic E-state index is 11.9. The van der Waals surface area contributed by atoms with Crippen molar-refractivity contribution in [2.75, 3.05) is 7.05 Å². The Balaban J connectivity index is 2.48. The van der Waals surface area contributed by atoms with Crippen LogP contribution in [0.5, 0.6) is 0 Å². The summed E-state index contributed by atoms with van der Waals surface area (Å²) in [6.07, 6.45) is 3.37. The molecule has 21 heavy (non-hydrogen) atoms. The summed E-state index contributed by atoms with van der Waals surface area (Å²) >= 11 is 0. The predicted molar refractivity (Wildman–Crippen MR) is 74.8 cm³/mol. The molecule has 1 heterocycles. The zero-order valence-electron chi connectivity index (χ0n) is 12.8. The summed E-state index contributed by atoms with van der Waals surface area (Å²) in [6.45, 7) is 5.41. The first-order valence-corrected chi connectivity index (χ1v) is 6.75. The normalized spacial score (nSPS) is 22.1. The number of hydrogen-bond donors (Lipinski definition) is 1. The highest BCUT2D eigenvalue weighted by Crippen LogP contribution is 2.24. The van der Waals surface area contributed by atoms with E-state index >= 15 is 0 Å². The monoisotopic (exact) mass is 298 g/mol. The molecule has 0 bridgehead atoms. The second-order valence-corrected chi connectivity index (χ2v) is 5.80. The SMILES string of the molecule is CN(/C=C\C(=O)NC=O)C1CCC(C(=O)OC(C)(C)C)O1. The van der Waals surface area contributed by atoms with Gasteiger partial charge in [0.05, 0.1) is 0 Å². The van der Waals surface area contributed by atoms with E-state index in [9.17, 15) is 14.4 Å². The Morgan fingerprint density at radius 1 is 1.33 bits per heavy atom. The van der Waals surface area contributed by atoms with Crippen molar-refractivity contribution in [3.63, 3.8) is 0 Å². The van der Waals surface area contributed by atoms with Gasteiger partial charge in [0.2, 0.25) is 6.41 Å². The van der Waals surface area contributed by atoms with Gasteiger partial charge in [-0.15, -0.1) is 0 Å². The molecule has 1 aliphatic rings. The molecule has 1 fully saturated rings. The minimum atomic E-state index is -0.589. The number of nitrogens with one attached hydrogen (secondary N) is 1. The van der Waals surface area contributed by atoms with Crippen LogP contribution in [-0.2, 0) is 23.9 Å². The van der Waals surface area contributed by atoms with Crippen molar-refractivity contribution in [3.05, 3.63) is 12.3 Å². The van der Waals surface area contributed by atoms with Gasteiger partial charge in [-0.3, -0.25) is 14.9 Å². The van der Waals surface area contributed by atoms with Gasteiger partial charge >= 0.3 is 5.97 Å². The molecule has 1 N–H and O–H groups in total. The van der Waals surface area contributed by atoms with Gasteiger partial charge in [-0.2, -0.15) is 0 Å². The largest absolute Gasteiger partial charge is 0.458 e. The predicted octanol–water partition coefficient (Wildman–Crippen LogP) is 0.551. The lowest BCUT2D eigenvalue weighted by Crippen LogP contribution is -2.34. The van der Waals surface area contributed by atoms with Gasteiger partial charge in [0.1, 0.15) is 11.8 Å². The maximum atomic E-state index is 11.9. The average Bonchev–Trinajstić information content (AvgIpc) is 2.84. The number of amides is 2. The number of esters is 1. The standard InChI is InChI=1S/C14H22N2O5/c1-14(2,3)21-13(19)10-5-6-12(20-10)16(4)8-7-11(18)15-9-17/h7-10,12H,5-6H2,1-4H3,(H,15,17,18)/b8-7-. The Bertz CT molecular complexity index is 428. The summed E-state index contributed by atoms with van der Waals surface area (Å²) in [6, 6.07) is 0. The van der Waals surface area contributed by atoms with E-state index in [0.717, 1.165) is 0 Å². The number of carbonyl (C=O) groups is 3. The van der Waals surface area contributed by atoms with Crippen LogP contribution >= 0.6 is 0 Å². The van der Waals surface area contributed by atoms with Gasteiger partial charge in [-0.25, -0.2) is 4.79 Å². The molecule has 0 aliphatic carbocycles. The molecule has 118 valence electrons. The highest BCUT2D eigenvalue weighted by atomic mass is 16.6. The second-order valence-electron chi connectivity index (χ2n) is 5.80. The summed E-state index contributed by atoms with van der Waals surface area (Å²) in [5, 5.41) is 2.00. The number of nitrogens with zero attached hydrogens (tertiary/aromatic N) is 1. The number of imide groups is 1. The Morgan fingerprint density at radius 2 is 2.00 bits per heavy atom. The molecule has 0 aromatic heterocycles. The molecular formula is C14H22N2O5. The lowest BCUT2D eigenvalue weighted by Gasteiger charge is -2.24. The molecular weight excluding hydrogens is 276 g/mol. The van der Waals surface area contributed by atoms with Gasteiger partial charge in [-0.1, -0.05) is 0 Å². The third-order valence-electron chi connectivity index (χ3n) is 2.78. The van der Waals surface area contributed by atoms with Gasteiger partial charge in [0, 0.05) is 19.3 Å². The number of hydrogen-bond acceptors (Lipinski definition) is 6. The molecule has 1 rings (SSSR count). The fraction of sp³-hybridized carbons (Fsp3) is 0.643. The molecule has 0 saturated carbocycles. The molecule has 2 atom stereocenters. The zero-order valence-corrected chi connectivity index (χ0v) is 12.8. The summed E-state index contributed by atoms with van der Waals surface area (Å²) in [5.74, 6) is -0.889. The van der Waals surface area contributed by atoms with Crippen LogP contribution in [-0.4, -0.2) is 48.2 Å². The van der Waals surface area contributed by atoms with E-state index in [-0.39, 0.29) is 12.2 Å². The van der Waals surface area contributed by atoms with Crippen LogP contribution in [0.15, 0.2) is 12.3 Å². The van der Waals surface area contributed by atoms with E-state index in [1.54, 1.807) is 32.7 Å². The van der Waals surface area contributed by atoms with Crippen molar-refractivity contribution < 1.29 is 23.9 Å². The molecule has 1 saturated heterocycles. The molecule has 7 heteroatoms. The van der Waals surface area contributed by atoms with Gasteiger partial charge in [0.25, 0.3) is 5.91 Å². The topological polar surface area (TPSA) is 84.9 Å². The fourth-order valence-electron chi connectivity index (χ4n) is 1.85. The minimum Gasteiger partial charge on any atom is -0.458 e. The maximum Gasteiger partial charge on any atom is 0.335 e. The highest BCUT2D eigenvalue weighted by Gasteiger charge is 2.35. The van der Waals surface area contributed by atoms with E-state index in [1.807, 2.05) is 5.32 Å². The average molecular weight is 298 g/mol. The third kappa shape index (κ3) is 5.95. The van der Waals surface area contributed by atoms with Crippen molar-refractivity contribution in [1.29, 1.82) is 0 Å². The molecule has 2 unspecified atom stereocenters. The highest BCUT2D eigenvalue weighted by molar-refractivity contribution is 5.94. The summed E-state index contributed by atoms with van der Waals surface area (Å²) in [4.78, 5) is 34.8. The zero-order chi connectivity index (χ0) is 16.0. The van der Waals surface area contributed by atoms with Crippen LogP contribution in [0.25, 0.3) is 0 Å². The molecule has 1 aliphatic heterocycles. The molecule has 7 nitrogen and oxygen atoms in total. The van der Waals surface area contributed by atoms with Crippen LogP contribution in [0.1, 0.15) is 33.6 Å². The van der Waals surface area contributed by atoms with Crippen molar-refractivity contribution in [3.8, 4) is 0 Å². The lowest BCUT2D eigenvalue weighted by atomic mass is 10.2. The van der Waals surface area contributed by atoms with Crippen molar-refractivity contribution >= 4 is 18.3 Å². The van der Waals surface area contributed by atoms with Crippen molar-refractivity contribution in [2.45, 2.75) is 51.5 Å². The molecule has 2 amide bonds. The van der Waals surface area contributed by atoms with Gasteiger partial charge < -0.3 is 14.4 Å². The molecule has 0 radical (unpaired) electrons. The summed E-state index contributed by atoms with van der Waals surface area (Å²) in [7, 11) is 1.73. The summed E-state index contributed by atoms with van der Waals surface area (Å²) in [5.41, 5.74) is -0.544. The van der Waals surface area contributed by atoms with Crippen LogP contribution in [0.4, 0.5) is 0 Å². The first-order chi connectivity index (χ1) is 9.73. The summed E-state index contributed by atoms with van der Waals surface area (Å²) < 4.78 is 10.9. The van der Waals surface area contributed by atoms with Gasteiger partial charge in [0.15, 0.2) is 6.10 Å². The number of ether oxygens (including phenoxy) is 2. The van der Waals surface area contributed by atoms with Crippen LogP contribution in [0, 0.1) is 0 Å². The number of rotatable bonds is 5. The Labute approximate surface area is 124 Å². The molecule has 0 aromatic rings. The first-order valence-electron chi connectivity index (χ1n) is 6.75. The van der Waals surface area contributed by atoms with E-state index in [1.165, 1.54) is 12.3 Å². The lowest BCUT2D eigenvalue weighted by molar-refractivity contribution is -0.170. The Hall–Kier alpha value is -1.89. The van der Waals surface area contributed by atoms with Crippen LogP contribution < -0.4 is 5.32 Å². The van der Waals surface area contributed by atoms with Crippen LogP contribution in [0.3, 0.4) is 0 Å². The fourth-order valence-corrected chi connectivity index (χ4v) is 1.85. The molecule has 0 spiro atoms. The van der Waals surface area contributed by atoms with Crippen LogP contribution in [0.2, 0.25) is 0 Å². The first kappa shape index (κ1) is 17.2. The van der Waals surface area contributed by atoms with Crippen molar-refractivity contribution in [1.82, 2.24) is 10.2 Å². The Kier molecular flexibility index (Phi) is 5.90. The Morgan fingerprint density at radius 3 is 2.57 bits per heavy atom. The van der Waals surface area contributed by atoms with Gasteiger partial charge in [-0.05, 0) is 33.6 Å². The molecule has 0 aromatic carbocycles. The van der Waals surface area contributed by atoms with E-state index in [0.29, 0.717) is 19.3 Å².